The van der Waals surface area contributed by atoms with E-state index < -0.39 is 0 Å². The van der Waals surface area contributed by atoms with Gasteiger partial charge in [0, 0.05) is 24.2 Å². The number of piperidine rings is 1. The second-order valence-electron chi connectivity index (χ2n) is 7.30. The van der Waals surface area contributed by atoms with Crippen LogP contribution in [0.15, 0.2) is 48.5 Å². The molecule has 1 aliphatic heterocycles. The van der Waals surface area contributed by atoms with Crippen LogP contribution in [-0.4, -0.2) is 23.9 Å². The van der Waals surface area contributed by atoms with E-state index in [-0.39, 0.29) is 18.0 Å². The third-order valence-corrected chi connectivity index (χ3v) is 5.98. The molecule has 1 heterocycles. The fourth-order valence-corrected chi connectivity index (χ4v) is 4.51. The first-order chi connectivity index (χ1) is 12.7. The average molecular weight is 369 g/mol. The van der Waals surface area contributed by atoms with Crippen molar-refractivity contribution in [1.82, 2.24) is 10.2 Å². The zero-order valence-electron chi connectivity index (χ0n) is 15.0. The lowest BCUT2D eigenvalue weighted by Gasteiger charge is -2.32. The van der Waals surface area contributed by atoms with E-state index in [1.807, 2.05) is 47.4 Å². The predicted molar refractivity (Wildman–Crippen MR) is 105 cm³/mol. The fraction of sp³-hybridized carbons (Fsp3) is 0.409. The molecule has 0 radical (unpaired) electrons. The van der Waals surface area contributed by atoms with Crippen LogP contribution in [0.25, 0.3) is 0 Å². The first-order valence-corrected chi connectivity index (χ1v) is 9.99. The van der Waals surface area contributed by atoms with E-state index in [0.717, 1.165) is 49.4 Å². The molecule has 0 unspecified atom stereocenters. The molecule has 1 fully saturated rings. The van der Waals surface area contributed by atoms with E-state index in [2.05, 4.69) is 11.4 Å². The number of nitrogens with one attached hydrogen (secondary N) is 1. The van der Waals surface area contributed by atoms with E-state index in [9.17, 15) is 4.79 Å². The van der Waals surface area contributed by atoms with Crippen LogP contribution in [0.4, 0.5) is 0 Å². The lowest BCUT2D eigenvalue weighted by molar-refractivity contribution is -0.134. The molecule has 1 saturated heterocycles. The van der Waals surface area contributed by atoms with Gasteiger partial charge >= 0.3 is 0 Å². The van der Waals surface area contributed by atoms with E-state index >= 15 is 0 Å². The fourth-order valence-electron chi connectivity index (χ4n) is 4.24. The summed E-state index contributed by atoms with van der Waals surface area (Å²) >= 11 is 6.37. The van der Waals surface area contributed by atoms with E-state index in [4.69, 9.17) is 11.6 Å². The van der Waals surface area contributed by atoms with Crippen molar-refractivity contribution < 1.29 is 4.79 Å². The molecule has 4 heteroatoms. The van der Waals surface area contributed by atoms with Gasteiger partial charge in [-0.15, -0.1) is 0 Å². The third-order valence-electron chi connectivity index (χ3n) is 5.63. The number of amides is 1. The number of likely N-dealkylation sites (tertiary alicyclic amines) is 1. The molecule has 0 aromatic heterocycles. The van der Waals surface area contributed by atoms with Gasteiger partial charge in [0.1, 0.15) is 6.04 Å². The summed E-state index contributed by atoms with van der Waals surface area (Å²) in [5, 5.41) is 4.50. The molecule has 0 spiro atoms. The molecule has 4 rings (SSSR count). The van der Waals surface area contributed by atoms with Gasteiger partial charge in [0.25, 0.3) is 0 Å². The van der Waals surface area contributed by atoms with Crippen molar-refractivity contribution >= 4 is 17.5 Å². The maximum absolute atomic E-state index is 13.3. The number of carbonyl (C=O) groups excluding carboxylic acids is 1. The Morgan fingerprint density at radius 1 is 1.04 bits per heavy atom. The summed E-state index contributed by atoms with van der Waals surface area (Å²) in [5.41, 5.74) is 3.51. The van der Waals surface area contributed by atoms with Crippen LogP contribution >= 0.6 is 11.6 Å². The molecule has 2 aliphatic rings. The minimum absolute atomic E-state index is 0.169. The Morgan fingerprint density at radius 3 is 2.58 bits per heavy atom. The zero-order valence-corrected chi connectivity index (χ0v) is 15.7. The number of halogens is 1. The standard InChI is InChI=1S/C22H25ClN2O/c23-19-11-7-10-18-17(19)12-13-20(18)24-21(16-8-3-1-4-9-16)22(26)25-14-5-2-6-15-25/h1,3-4,7-11,20-21,24H,2,5-6,12-15H2/t20-,21-/m0/s1. The maximum atomic E-state index is 13.3. The number of hydrogen-bond acceptors (Lipinski definition) is 2. The Balaban J connectivity index is 1.60. The van der Waals surface area contributed by atoms with Crippen LogP contribution in [0.1, 0.15) is 54.5 Å². The summed E-state index contributed by atoms with van der Waals surface area (Å²) in [5.74, 6) is 0.200. The molecular formula is C22H25ClN2O. The molecule has 26 heavy (non-hydrogen) atoms. The molecule has 2 aromatic rings. The van der Waals surface area contributed by atoms with E-state index in [1.165, 1.54) is 17.5 Å². The maximum Gasteiger partial charge on any atom is 0.244 e. The van der Waals surface area contributed by atoms with Gasteiger partial charge in [-0.25, -0.2) is 0 Å². The second-order valence-corrected chi connectivity index (χ2v) is 7.70. The Morgan fingerprint density at radius 2 is 1.81 bits per heavy atom. The number of hydrogen-bond donors (Lipinski definition) is 1. The molecule has 3 nitrogen and oxygen atoms in total. The van der Waals surface area contributed by atoms with Gasteiger partial charge in [0.15, 0.2) is 0 Å². The number of nitrogens with zero attached hydrogens (tertiary/aromatic N) is 1. The average Bonchev–Trinajstić information content (AvgIpc) is 3.11. The number of fused-ring (bicyclic) bond motifs is 1. The number of carbonyl (C=O) groups is 1. The molecule has 1 amide bonds. The Kier molecular flexibility index (Phi) is 5.28. The highest BCUT2D eigenvalue weighted by atomic mass is 35.5. The molecule has 1 N–H and O–H groups in total. The van der Waals surface area contributed by atoms with Crippen LogP contribution in [-0.2, 0) is 11.2 Å². The van der Waals surface area contributed by atoms with Crippen LogP contribution in [0.2, 0.25) is 5.02 Å². The first kappa shape index (κ1) is 17.6. The normalized spacial score (nSPS) is 20.7. The summed E-state index contributed by atoms with van der Waals surface area (Å²) < 4.78 is 0. The van der Waals surface area contributed by atoms with Gasteiger partial charge in [-0.1, -0.05) is 54.1 Å². The topological polar surface area (TPSA) is 32.3 Å². The van der Waals surface area contributed by atoms with Gasteiger partial charge in [-0.3, -0.25) is 10.1 Å². The highest BCUT2D eigenvalue weighted by Crippen LogP contribution is 2.37. The summed E-state index contributed by atoms with van der Waals surface area (Å²) in [7, 11) is 0. The first-order valence-electron chi connectivity index (χ1n) is 9.61. The van der Waals surface area contributed by atoms with Crippen molar-refractivity contribution in [2.24, 2.45) is 0 Å². The van der Waals surface area contributed by atoms with Crippen molar-refractivity contribution in [3.05, 3.63) is 70.2 Å². The quantitative estimate of drug-likeness (QED) is 0.850. The van der Waals surface area contributed by atoms with Gasteiger partial charge in [-0.05, 0) is 54.9 Å². The van der Waals surface area contributed by atoms with Gasteiger partial charge in [0.05, 0.1) is 0 Å². The van der Waals surface area contributed by atoms with Crippen molar-refractivity contribution in [1.29, 1.82) is 0 Å². The highest BCUT2D eigenvalue weighted by molar-refractivity contribution is 6.31. The number of benzene rings is 2. The molecule has 136 valence electrons. The van der Waals surface area contributed by atoms with Crippen LogP contribution in [0.3, 0.4) is 0 Å². The monoisotopic (exact) mass is 368 g/mol. The second kappa shape index (κ2) is 7.81. The molecule has 2 atom stereocenters. The van der Waals surface area contributed by atoms with Gasteiger partial charge < -0.3 is 4.90 Å². The van der Waals surface area contributed by atoms with Gasteiger partial charge in [0.2, 0.25) is 5.91 Å². The van der Waals surface area contributed by atoms with Crippen molar-refractivity contribution in [3.63, 3.8) is 0 Å². The summed E-state index contributed by atoms with van der Waals surface area (Å²) in [4.78, 5) is 15.3. The zero-order chi connectivity index (χ0) is 17.9. The molecular weight excluding hydrogens is 344 g/mol. The Hall–Kier alpha value is -1.84. The summed E-state index contributed by atoms with van der Waals surface area (Å²) in [6.07, 6.45) is 5.38. The highest BCUT2D eigenvalue weighted by Gasteiger charge is 2.32. The van der Waals surface area contributed by atoms with E-state index in [1.54, 1.807) is 0 Å². The summed E-state index contributed by atoms with van der Waals surface area (Å²) in [6.45, 7) is 1.74. The SMILES string of the molecule is O=C([C@@H](N[C@H]1CCc2c(Cl)cccc21)c1ccccc1)N1CCCCC1. The van der Waals surface area contributed by atoms with Crippen LogP contribution in [0, 0.1) is 0 Å². The predicted octanol–water partition coefficient (Wildman–Crippen LogP) is 4.67. The Labute approximate surface area is 160 Å². The molecule has 1 aliphatic carbocycles. The van der Waals surface area contributed by atoms with Crippen molar-refractivity contribution in [2.45, 2.75) is 44.2 Å². The minimum atomic E-state index is -0.302. The van der Waals surface area contributed by atoms with E-state index in [0.29, 0.717) is 0 Å². The van der Waals surface area contributed by atoms with Crippen molar-refractivity contribution in [2.75, 3.05) is 13.1 Å². The lowest BCUT2D eigenvalue weighted by atomic mass is 10.0. The number of rotatable bonds is 4. The van der Waals surface area contributed by atoms with Crippen LogP contribution < -0.4 is 5.32 Å². The van der Waals surface area contributed by atoms with Crippen molar-refractivity contribution in [3.8, 4) is 0 Å². The van der Waals surface area contributed by atoms with Crippen LogP contribution in [0.5, 0.6) is 0 Å². The molecule has 0 bridgehead atoms. The molecule has 0 saturated carbocycles. The van der Waals surface area contributed by atoms with Gasteiger partial charge in [-0.2, -0.15) is 0 Å². The minimum Gasteiger partial charge on any atom is -0.341 e. The largest absolute Gasteiger partial charge is 0.341 e. The molecule has 2 aromatic carbocycles. The summed E-state index contributed by atoms with van der Waals surface area (Å²) in [6, 6.07) is 16.1. The smallest absolute Gasteiger partial charge is 0.244 e. The third kappa shape index (κ3) is 3.51. The lowest BCUT2D eigenvalue weighted by Crippen LogP contribution is -2.44. The Bertz CT molecular complexity index is 771.